The maximum absolute atomic E-state index is 13.4. The Labute approximate surface area is 107 Å². The van der Waals surface area contributed by atoms with Crippen molar-refractivity contribution in [1.29, 1.82) is 0 Å². The molecule has 1 rings (SSSR count). The molecule has 98 valence electrons. The fraction of sp³-hybridized carbons (Fsp3) is 0.500. The lowest BCUT2D eigenvalue weighted by Crippen LogP contribution is -2.30. The zero-order valence-electron chi connectivity index (χ0n) is 10.2. The van der Waals surface area contributed by atoms with E-state index in [4.69, 9.17) is 10.5 Å². The van der Waals surface area contributed by atoms with Crippen LogP contribution in [0.4, 0.5) is 4.39 Å². The number of halogens is 2. The maximum Gasteiger partial charge on any atom is 0.165 e. The van der Waals surface area contributed by atoms with Crippen LogP contribution in [0, 0.1) is 11.7 Å². The van der Waals surface area contributed by atoms with Crippen LogP contribution in [0.5, 0.6) is 5.75 Å². The summed E-state index contributed by atoms with van der Waals surface area (Å²) in [5.41, 5.74) is 6.41. The van der Waals surface area contributed by atoms with E-state index in [1.54, 1.807) is 6.07 Å². The third kappa shape index (κ3) is 3.84. The van der Waals surface area contributed by atoms with Gasteiger partial charge in [0.15, 0.2) is 11.6 Å². The van der Waals surface area contributed by atoms with E-state index in [0.29, 0.717) is 5.56 Å². The molecule has 5 heteroatoms. The molecule has 0 aromatic heterocycles. The second-order valence-electron chi connectivity index (χ2n) is 4.15. The van der Waals surface area contributed by atoms with Gasteiger partial charge in [-0.1, -0.05) is 19.9 Å². The highest BCUT2D eigenvalue weighted by atomic mass is 35.5. The molecule has 0 aliphatic carbocycles. The fourth-order valence-electron chi connectivity index (χ4n) is 1.50. The van der Waals surface area contributed by atoms with Gasteiger partial charge in [0.1, 0.15) is 0 Å². The Morgan fingerprint density at radius 3 is 2.35 bits per heavy atom. The van der Waals surface area contributed by atoms with Gasteiger partial charge < -0.3 is 15.6 Å². The first-order valence-corrected chi connectivity index (χ1v) is 5.24. The van der Waals surface area contributed by atoms with E-state index in [1.807, 2.05) is 13.8 Å². The summed E-state index contributed by atoms with van der Waals surface area (Å²) in [6, 6.07) is 3.89. The molecule has 1 aromatic rings. The zero-order chi connectivity index (χ0) is 12.3. The highest BCUT2D eigenvalue weighted by Gasteiger charge is 2.21. The minimum absolute atomic E-state index is 0. The highest BCUT2D eigenvalue weighted by molar-refractivity contribution is 5.85. The Morgan fingerprint density at radius 2 is 1.94 bits per heavy atom. The quantitative estimate of drug-likeness (QED) is 0.876. The van der Waals surface area contributed by atoms with E-state index in [1.165, 1.54) is 19.2 Å². The van der Waals surface area contributed by atoms with E-state index in [-0.39, 0.29) is 24.1 Å². The lowest BCUT2D eigenvalue weighted by Gasteiger charge is -2.22. The monoisotopic (exact) mass is 263 g/mol. The van der Waals surface area contributed by atoms with Crippen molar-refractivity contribution in [2.75, 3.05) is 7.11 Å². The van der Waals surface area contributed by atoms with Gasteiger partial charge in [-0.25, -0.2) is 4.39 Å². The van der Waals surface area contributed by atoms with E-state index in [0.717, 1.165) is 0 Å². The van der Waals surface area contributed by atoms with Gasteiger partial charge in [0, 0.05) is 0 Å². The second-order valence-corrected chi connectivity index (χ2v) is 4.15. The number of aliphatic hydroxyl groups excluding tert-OH is 1. The Bertz CT molecular complexity index is 360. The molecule has 0 spiro atoms. The van der Waals surface area contributed by atoms with Crippen LogP contribution in [-0.4, -0.2) is 18.3 Å². The Kier molecular flexibility index (Phi) is 6.45. The number of hydrogen-bond acceptors (Lipinski definition) is 3. The van der Waals surface area contributed by atoms with Gasteiger partial charge >= 0.3 is 0 Å². The summed E-state index contributed by atoms with van der Waals surface area (Å²) in [5.74, 6) is -0.262. The Morgan fingerprint density at radius 1 is 1.35 bits per heavy atom. The van der Waals surface area contributed by atoms with Gasteiger partial charge in [-0.05, 0) is 23.6 Å². The number of benzene rings is 1. The minimum atomic E-state index is -0.687. The van der Waals surface area contributed by atoms with Gasteiger partial charge in [-0.3, -0.25) is 0 Å². The molecule has 2 atom stereocenters. The third-order valence-electron chi connectivity index (χ3n) is 2.61. The van der Waals surface area contributed by atoms with Crippen molar-refractivity contribution in [2.45, 2.75) is 26.0 Å². The third-order valence-corrected chi connectivity index (χ3v) is 2.61. The van der Waals surface area contributed by atoms with Crippen molar-refractivity contribution < 1.29 is 14.2 Å². The van der Waals surface area contributed by atoms with E-state index >= 15 is 0 Å². The largest absolute Gasteiger partial charge is 0.494 e. The van der Waals surface area contributed by atoms with Crippen molar-refractivity contribution in [1.82, 2.24) is 0 Å². The summed E-state index contributed by atoms with van der Waals surface area (Å²) < 4.78 is 18.2. The zero-order valence-corrected chi connectivity index (χ0v) is 11.0. The highest BCUT2D eigenvalue weighted by Crippen LogP contribution is 2.24. The van der Waals surface area contributed by atoms with Gasteiger partial charge in [0.25, 0.3) is 0 Å². The molecule has 1 aromatic carbocycles. The van der Waals surface area contributed by atoms with E-state index in [9.17, 15) is 9.50 Å². The first-order valence-electron chi connectivity index (χ1n) is 5.24. The normalized spacial score (nSPS) is 14.1. The summed E-state index contributed by atoms with van der Waals surface area (Å²) in [5, 5.41) is 9.79. The minimum Gasteiger partial charge on any atom is -0.494 e. The standard InChI is InChI=1S/C12H18FNO2.ClH/c1-7(2)12(15)11(14)8-4-5-10(16-3)9(13)6-8;/h4-7,11-12,15H,14H2,1-3H3;1H/t11-,12+;/m1./s1. The SMILES string of the molecule is COc1ccc([C@@H](N)[C@@H](O)C(C)C)cc1F.Cl. The lowest BCUT2D eigenvalue weighted by molar-refractivity contribution is 0.0978. The van der Waals surface area contributed by atoms with Crippen LogP contribution in [-0.2, 0) is 0 Å². The number of ether oxygens (including phenoxy) is 1. The Hall–Kier alpha value is -0.840. The van der Waals surface area contributed by atoms with Gasteiger partial charge in [0.05, 0.1) is 19.3 Å². The smallest absolute Gasteiger partial charge is 0.165 e. The van der Waals surface area contributed by atoms with Crippen LogP contribution < -0.4 is 10.5 Å². The summed E-state index contributed by atoms with van der Waals surface area (Å²) in [4.78, 5) is 0. The molecule has 0 bridgehead atoms. The summed E-state index contributed by atoms with van der Waals surface area (Å²) in [7, 11) is 1.40. The first kappa shape index (κ1) is 16.2. The van der Waals surface area contributed by atoms with Gasteiger partial charge in [-0.15, -0.1) is 12.4 Å². The number of aliphatic hydroxyl groups is 1. The molecular weight excluding hydrogens is 245 g/mol. The van der Waals surface area contributed by atoms with Crippen molar-refractivity contribution in [3.05, 3.63) is 29.6 Å². The van der Waals surface area contributed by atoms with Crippen molar-refractivity contribution in [3.63, 3.8) is 0 Å². The van der Waals surface area contributed by atoms with Gasteiger partial charge in [0.2, 0.25) is 0 Å². The summed E-state index contributed by atoms with van der Waals surface area (Å²) in [6.45, 7) is 3.73. The molecule has 3 N–H and O–H groups in total. The molecule has 0 fully saturated rings. The average Bonchev–Trinajstić information content (AvgIpc) is 2.26. The van der Waals surface area contributed by atoms with Crippen LogP contribution >= 0.6 is 12.4 Å². The predicted octanol–water partition coefficient (Wildman–Crippen LogP) is 2.27. The summed E-state index contributed by atoms with van der Waals surface area (Å²) >= 11 is 0. The Balaban J connectivity index is 0.00000256. The average molecular weight is 264 g/mol. The fourth-order valence-corrected chi connectivity index (χ4v) is 1.50. The lowest BCUT2D eigenvalue weighted by atomic mass is 9.94. The molecule has 0 saturated heterocycles. The first-order chi connectivity index (χ1) is 7.47. The van der Waals surface area contributed by atoms with E-state index < -0.39 is 18.0 Å². The van der Waals surface area contributed by atoms with Crippen LogP contribution in [0.3, 0.4) is 0 Å². The maximum atomic E-state index is 13.4. The molecule has 0 aliphatic rings. The molecule has 0 amide bonds. The second kappa shape index (κ2) is 6.79. The molecule has 0 aliphatic heterocycles. The van der Waals surface area contributed by atoms with Crippen molar-refractivity contribution >= 4 is 12.4 Å². The van der Waals surface area contributed by atoms with Gasteiger partial charge in [-0.2, -0.15) is 0 Å². The molecule has 0 saturated carbocycles. The number of hydrogen-bond donors (Lipinski definition) is 2. The van der Waals surface area contributed by atoms with Crippen LogP contribution in [0.2, 0.25) is 0 Å². The van der Waals surface area contributed by atoms with Crippen LogP contribution in [0.15, 0.2) is 18.2 Å². The molecule has 0 radical (unpaired) electrons. The van der Waals surface area contributed by atoms with Crippen LogP contribution in [0.1, 0.15) is 25.5 Å². The van der Waals surface area contributed by atoms with Crippen molar-refractivity contribution in [2.24, 2.45) is 11.7 Å². The van der Waals surface area contributed by atoms with Crippen LogP contribution in [0.25, 0.3) is 0 Å². The molecule has 3 nitrogen and oxygen atoms in total. The molecular formula is C12H19ClFNO2. The molecule has 0 unspecified atom stereocenters. The topological polar surface area (TPSA) is 55.5 Å². The predicted molar refractivity (Wildman–Crippen MR) is 68.0 cm³/mol. The van der Waals surface area contributed by atoms with Crippen molar-refractivity contribution in [3.8, 4) is 5.75 Å². The summed E-state index contributed by atoms with van der Waals surface area (Å²) in [6.07, 6.45) is -0.687. The number of nitrogens with two attached hydrogens (primary N) is 1. The molecule has 17 heavy (non-hydrogen) atoms. The molecule has 0 heterocycles. The van der Waals surface area contributed by atoms with E-state index in [2.05, 4.69) is 0 Å². The number of methoxy groups -OCH3 is 1. The number of rotatable bonds is 4.